The Kier molecular flexibility index (Phi) is 12.7. The number of nitrogens with one attached hydrogen (secondary N) is 3. The molecule has 2 aromatic carbocycles. The molecule has 10 heteroatoms. The fourth-order valence-corrected chi connectivity index (χ4v) is 3.83. The molecule has 2 aromatic rings. The first kappa shape index (κ1) is 31.0. The fraction of sp³-hybridized carbons (Fsp3) is 0.379. The first-order valence-corrected chi connectivity index (χ1v) is 12.9. The Labute approximate surface area is 228 Å². The Hall–Kier alpha value is -4.18. The molecule has 0 saturated heterocycles. The van der Waals surface area contributed by atoms with Gasteiger partial charge in [-0.3, -0.25) is 14.4 Å². The predicted octanol–water partition coefficient (Wildman–Crippen LogP) is 1.53. The molecule has 2 rings (SSSR count). The number of hydrogen-bond acceptors (Lipinski definition) is 6. The van der Waals surface area contributed by atoms with Gasteiger partial charge < -0.3 is 31.9 Å². The van der Waals surface area contributed by atoms with Gasteiger partial charge in [0.2, 0.25) is 17.7 Å². The van der Waals surface area contributed by atoms with Crippen LogP contribution in [0, 0.1) is 11.8 Å². The van der Waals surface area contributed by atoms with Gasteiger partial charge in [-0.25, -0.2) is 4.79 Å². The zero-order chi connectivity index (χ0) is 28.8. The van der Waals surface area contributed by atoms with Crippen molar-refractivity contribution in [3.8, 4) is 5.75 Å². The summed E-state index contributed by atoms with van der Waals surface area (Å²) in [5.41, 5.74) is 7.59. The summed E-state index contributed by atoms with van der Waals surface area (Å²) in [5, 5.41) is 26.6. The van der Waals surface area contributed by atoms with Crippen molar-refractivity contribution in [1.82, 2.24) is 16.0 Å². The summed E-state index contributed by atoms with van der Waals surface area (Å²) in [6.45, 7) is 3.62. The highest BCUT2D eigenvalue weighted by Gasteiger charge is 2.25. The largest absolute Gasteiger partial charge is 0.508 e. The number of carboxylic acids is 1. The third-order valence-corrected chi connectivity index (χ3v) is 5.89. The molecule has 0 unspecified atom stereocenters. The maximum atomic E-state index is 13.0. The number of amides is 3. The fourth-order valence-electron chi connectivity index (χ4n) is 3.83. The van der Waals surface area contributed by atoms with Crippen LogP contribution >= 0.6 is 0 Å². The number of carbonyl (C=O) groups excluding carboxylic acids is 3. The molecule has 0 fully saturated rings. The first-order valence-electron chi connectivity index (χ1n) is 12.9. The summed E-state index contributed by atoms with van der Waals surface area (Å²) in [6.07, 6.45) is 4.19. The van der Waals surface area contributed by atoms with Crippen LogP contribution < -0.4 is 21.7 Å². The average Bonchev–Trinajstić information content (AvgIpc) is 2.90. The number of carbonyl (C=O) groups is 4. The van der Waals surface area contributed by atoms with Crippen molar-refractivity contribution in [3.05, 3.63) is 77.9 Å². The van der Waals surface area contributed by atoms with Gasteiger partial charge in [0.1, 0.15) is 11.8 Å². The van der Waals surface area contributed by atoms with Crippen LogP contribution in [0.25, 0.3) is 0 Å². The van der Waals surface area contributed by atoms with Gasteiger partial charge in [-0.15, -0.1) is 0 Å². The van der Waals surface area contributed by atoms with E-state index in [-0.39, 0.29) is 31.2 Å². The molecule has 0 aliphatic heterocycles. The Morgan fingerprint density at radius 3 is 2.15 bits per heavy atom. The second-order valence-corrected chi connectivity index (χ2v) is 9.75. The van der Waals surface area contributed by atoms with Crippen molar-refractivity contribution in [2.24, 2.45) is 17.6 Å². The summed E-state index contributed by atoms with van der Waals surface area (Å²) in [6, 6.07) is 13.8. The minimum atomic E-state index is -1.09. The van der Waals surface area contributed by atoms with E-state index in [1.807, 2.05) is 44.2 Å². The highest BCUT2D eigenvalue weighted by atomic mass is 16.4. The molecule has 210 valence electrons. The number of benzene rings is 2. The number of rotatable bonds is 15. The smallest absolute Gasteiger partial charge is 0.326 e. The lowest BCUT2D eigenvalue weighted by molar-refractivity contribution is -0.142. The highest BCUT2D eigenvalue weighted by molar-refractivity contribution is 5.88. The minimum absolute atomic E-state index is 0.0904. The summed E-state index contributed by atoms with van der Waals surface area (Å²) in [7, 11) is 0. The summed E-state index contributed by atoms with van der Waals surface area (Å²) < 4.78 is 0. The van der Waals surface area contributed by atoms with Crippen LogP contribution in [0.4, 0.5) is 0 Å². The number of phenolic OH excluding ortho intramolecular Hbond substituents is 1. The third-order valence-electron chi connectivity index (χ3n) is 5.89. The van der Waals surface area contributed by atoms with E-state index >= 15 is 0 Å². The standard InChI is InChI=1S/C29H38N4O6/c1-19(2)15-25(29(38)39)33-27(36)22(16-20-7-4-3-5-8-20)9-6-14-31-26(35)18-32-28(37)24(30)17-21-10-12-23(34)13-11-21/h3-13,19,22,24-25,34H,14-18,30H2,1-2H3,(H,31,35)(H,32,37)(H,33,36)(H,38,39)/b9-6+/t22-,24-,25-/m0/s1. The van der Waals surface area contributed by atoms with Gasteiger partial charge in [0.15, 0.2) is 0 Å². The number of hydrogen-bond donors (Lipinski definition) is 6. The van der Waals surface area contributed by atoms with E-state index in [0.717, 1.165) is 11.1 Å². The van der Waals surface area contributed by atoms with E-state index in [1.54, 1.807) is 24.3 Å². The molecule has 39 heavy (non-hydrogen) atoms. The van der Waals surface area contributed by atoms with Crippen LogP contribution in [-0.4, -0.2) is 59.1 Å². The molecule has 7 N–H and O–H groups in total. The number of aromatic hydroxyl groups is 1. The van der Waals surface area contributed by atoms with E-state index in [0.29, 0.717) is 12.8 Å². The molecule has 3 amide bonds. The van der Waals surface area contributed by atoms with Crippen LogP contribution in [0.2, 0.25) is 0 Å². The van der Waals surface area contributed by atoms with Crippen LogP contribution in [0.15, 0.2) is 66.7 Å². The lowest BCUT2D eigenvalue weighted by atomic mass is 9.96. The molecule has 0 bridgehead atoms. The zero-order valence-corrected chi connectivity index (χ0v) is 22.3. The number of carboxylic acid groups (broad SMARTS) is 1. The Balaban J connectivity index is 1.88. The molecule has 0 saturated carbocycles. The normalized spacial score (nSPS) is 13.4. The Bertz CT molecular complexity index is 1120. The maximum Gasteiger partial charge on any atom is 0.326 e. The van der Waals surface area contributed by atoms with Crippen LogP contribution in [0.5, 0.6) is 5.75 Å². The van der Waals surface area contributed by atoms with E-state index in [4.69, 9.17) is 5.73 Å². The van der Waals surface area contributed by atoms with Crippen LogP contribution in [-0.2, 0) is 32.0 Å². The summed E-state index contributed by atoms with van der Waals surface area (Å²) in [5.74, 6) is -2.85. The SMILES string of the molecule is CC(C)C[C@H](NC(=O)[C@@H](/C=C/CNC(=O)CNC(=O)[C@@H](N)Cc1ccc(O)cc1)Cc1ccccc1)C(=O)O. The topological polar surface area (TPSA) is 171 Å². The molecular weight excluding hydrogens is 500 g/mol. The van der Waals surface area contributed by atoms with Crippen molar-refractivity contribution >= 4 is 23.7 Å². The van der Waals surface area contributed by atoms with Crippen molar-refractivity contribution < 1.29 is 29.4 Å². The first-order chi connectivity index (χ1) is 18.5. The van der Waals surface area contributed by atoms with Crippen LogP contribution in [0.1, 0.15) is 31.4 Å². The molecule has 10 nitrogen and oxygen atoms in total. The molecule has 0 spiro atoms. The van der Waals surface area contributed by atoms with Crippen molar-refractivity contribution in [3.63, 3.8) is 0 Å². The van der Waals surface area contributed by atoms with Gasteiger partial charge in [0.25, 0.3) is 0 Å². The molecule has 0 radical (unpaired) electrons. The van der Waals surface area contributed by atoms with Crippen molar-refractivity contribution in [2.75, 3.05) is 13.1 Å². The maximum absolute atomic E-state index is 13.0. The van der Waals surface area contributed by atoms with E-state index in [1.165, 1.54) is 12.1 Å². The Morgan fingerprint density at radius 2 is 1.54 bits per heavy atom. The summed E-state index contributed by atoms with van der Waals surface area (Å²) in [4.78, 5) is 49.0. The molecule has 3 atom stereocenters. The second kappa shape index (κ2) is 15.9. The summed E-state index contributed by atoms with van der Waals surface area (Å²) >= 11 is 0. The van der Waals surface area contributed by atoms with E-state index in [9.17, 15) is 29.4 Å². The molecule has 0 aliphatic carbocycles. The van der Waals surface area contributed by atoms with Gasteiger partial charge >= 0.3 is 5.97 Å². The monoisotopic (exact) mass is 538 g/mol. The molecular formula is C29H38N4O6. The predicted molar refractivity (Wildman–Crippen MR) is 148 cm³/mol. The van der Waals surface area contributed by atoms with Crippen molar-refractivity contribution in [1.29, 1.82) is 0 Å². The quantitative estimate of drug-likeness (QED) is 0.187. The van der Waals surface area contributed by atoms with Crippen molar-refractivity contribution in [2.45, 2.75) is 45.2 Å². The Morgan fingerprint density at radius 1 is 0.897 bits per heavy atom. The molecule has 0 aliphatic rings. The number of nitrogens with two attached hydrogens (primary N) is 1. The van der Waals surface area contributed by atoms with Gasteiger partial charge in [0.05, 0.1) is 18.5 Å². The van der Waals surface area contributed by atoms with Gasteiger partial charge in [-0.05, 0) is 48.4 Å². The molecule has 0 aromatic heterocycles. The van der Waals surface area contributed by atoms with Gasteiger partial charge in [-0.2, -0.15) is 0 Å². The number of aliphatic carboxylic acids is 1. The van der Waals surface area contributed by atoms with Gasteiger partial charge in [-0.1, -0.05) is 68.5 Å². The lowest BCUT2D eigenvalue weighted by Crippen LogP contribution is -2.46. The third kappa shape index (κ3) is 11.8. The van der Waals surface area contributed by atoms with E-state index < -0.39 is 41.7 Å². The zero-order valence-electron chi connectivity index (χ0n) is 22.3. The minimum Gasteiger partial charge on any atom is -0.508 e. The average molecular weight is 539 g/mol. The molecule has 0 heterocycles. The van der Waals surface area contributed by atoms with Crippen LogP contribution in [0.3, 0.4) is 0 Å². The second-order valence-electron chi connectivity index (χ2n) is 9.75. The van der Waals surface area contributed by atoms with E-state index in [2.05, 4.69) is 16.0 Å². The highest BCUT2D eigenvalue weighted by Crippen LogP contribution is 2.13. The van der Waals surface area contributed by atoms with Gasteiger partial charge in [0, 0.05) is 6.54 Å². The lowest BCUT2D eigenvalue weighted by Gasteiger charge is -2.20. The number of phenols is 1.